The molecular weight excluding hydrogens is 196 g/mol. The fourth-order valence-corrected chi connectivity index (χ4v) is 1.25. The molecule has 0 heterocycles. The predicted molar refractivity (Wildman–Crippen MR) is 54.5 cm³/mol. The van der Waals surface area contributed by atoms with Gasteiger partial charge in [-0.25, -0.2) is 0 Å². The monoisotopic (exact) mass is 204 g/mol. The summed E-state index contributed by atoms with van der Waals surface area (Å²) in [5, 5.41) is 17.8. The minimum atomic E-state index is -0.509. The van der Waals surface area contributed by atoms with Crippen LogP contribution in [0, 0.1) is 28.6 Å². The Morgan fingerprint density at radius 1 is 1.14 bits per heavy atom. The zero-order chi connectivity index (χ0) is 10.4. The topological polar surface area (TPSA) is 47.6 Å². The minimum absolute atomic E-state index is 0.509. The van der Waals surface area contributed by atoms with Gasteiger partial charge in [-0.2, -0.15) is 10.5 Å². The molecule has 1 aromatic rings. The lowest BCUT2D eigenvalue weighted by Crippen LogP contribution is -1.95. The van der Waals surface area contributed by atoms with Crippen LogP contribution in [0.25, 0.3) is 0 Å². The highest BCUT2D eigenvalue weighted by Gasteiger charge is 2.04. The summed E-state index contributed by atoms with van der Waals surface area (Å²) in [5.74, 6) is -0.509. The molecule has 14 heavy (non-hydrogen) atoms. The van der Waals surface area contributed by atoms with Gasteiger partial charge in [0, 0.05) is 5.02 Å². The van der Waals surface area contributed by atoms with Gasteiger partial charge in [-0.1, -0.05) is 23.7 Å². The van der Waals surface area contributed by atoms with Crippen LogP contribution in [0.15, 0.2) is 24.3 Å². The summed E-state index contributed by atoms with van der Waals surface area (Å²) < 4.78 is 0. The third-order valence-electron chi connectivity index (χ3n) is 1.95. The molecule has 0 aliphatic heterocycles. The fraction of sp³-hybridized carbons (Fsp3) is 0.273. The summed E-state index contributed by atoms with van der Waals surface area (Å²) in [6.07, 6.45) is 1.32. The number of halogens is 1. The SMILES string of the molecule is N#CC(C#N)CCc1ccc(Cl)cc1. The van der Waals surface area contributed by atoms with E-state index < -0.39 is 5.92 Å². The summed E-state index contributed by atoms with van der Waals surface area (Å²) in [4.78, 5) is 0. The average molecular weight is 205 g/mol. The molecule has 0 saturated carbocycles. The standard InChI is InChI=1S/C11H9ClN2/c12-11-5-3-9(4-6-11)1-2-10(7-13)8-14/h3-6,10H,1-2H2. The van der Waals surface area contributed by atoms with Crippen LogP contribution in [0.1, 0.15) is 12.0 Å². The quantitative estimate of drug-likeness (QED) is 0.760. The highest BCUT2D eigenvalue weighted by molar-refractivity contribution is 6.30. The maximum atomic E-state index is 8.55. The van der Waals surface area contributed by atoms with Gasteiger partial charge < -0.3 is 0 Å². The van der Waals surface area contributed by atoms with Crippen molar-refractivity contribution in [2.24, 2.45) is 5.92 Å². The summed E-state index contributed by atoms with van der Waals surface area (Å²) >= 11 is 5.72. The van der Waals surface area contributed by atoms with E-state index >= 15 is 0 Å². The van der Waals surface area contributed by atoms with Crippen LogP contribution in [0.2, 0.25) is 5.02 Å². The van der Waals surface area contributed by atoms with Gasteiger partial charge in [-0.05, 0) is 30.5 Å². The van der Waals surface area contributed by atoms with E-state index in [2.05, 4.69) is 0 Å². The zero-order valence-electron chi connectivity index (χ0n) is 7.57. The van der Waals surface area contributed by atoms with Crippen molar-refractivity contribution in [2.45, 2.75) is 12.8 Å². The molecule has 0 aromatic heterocycles. The molecule has 0 fully saturated rings. The first kappa shape index (κ1) is 10.6. The van der Waals surface area contributed by atoms with Gasteiger partial charge in [0.2, 0.25) is 0 Å². The highest BCUT2D eigenvalue weighted by atomic mass is 35.5. The van der Waals surface area contributed by atoms with E-state index in [1.807, 2.05) is 36.4 Å². The Hall–Kier alpha value is -1.51. The minimum Gasteiger partial charge on any atom is -0.197 e. The van der Waals surface area contributed by atoms with E-state index in [0.29, 0.717) is 11.4 Å². The van der Waals surface area contributed by atoms with Crippen molar-refractivity contribution in [3.05, 3.63) is 34.9 Å². The molecule has 0 aliphatic rings. The van der Waals surface area contributed by atoms with Crippen molar-refractivity contribution >= 4 is 11.6 Å². The van der Waals surface area contributed by atoms with Crippen molar-refractivity contribution in [1.29, 1.82) is 10.5 Å². The van der Waals surface area contributed by atoms with E-state index in [-0.39, 0.29) is 0 Å². The highest BCUT2D eigenvalue weighted by Crippen LogP contribution is 2.13. The molecule has 1 aromatic carbocycles. The molecule has 0 aliphatic carbocycles. The fourth-order valence-electron chi connectivity index (χ4n) is 1.12. The number of hydrogen-bond acceptors (Lipinski definition) is 2. The average Bonchev–Trinajstić information content (AvgIpc) is 2.22. The number of rotatable bonds is 3. The molecule has 0 N–H and O–H groups in total. The van der Waals surface area contributed by atoms with Crippen molar-refractivity contribution in [3.63, 3.8) is 0 Å². The second-order valence-corrected chi connectivity index (χ2v) is 3.41. The summed E-state index contributed by atoms with van der Waals surface area (Å²) in [6.45, 7) is 0. The summed E-state index contributed by atoms with van der Waals surface area (Å²) in [6, 6.07) is 11.3. The molecule has 0 bridgehead atoms. The van der Waals surface area contributed by atoms with Crippen molar-refractivity contribution in [1.82, 2.24) is 0 Å². The van der Waals surface area contributed by atoms with Gasteiger partial charge in [-0.3, -0.25) is 0 Å². The van der Waals surface area contributed by atoms with E-state index in [4.69, 9.17) is 22.1 Å². The lowest BCUT2D eigenvalue weighted by atomic mass is 10.0. The summed E-state index contributed by atoms with van der Waals surface area (Å²) in [5.41, 5.74) is 1.10. The molecule has 0 radical (unpaired) electrons. The van der Waals surface area contributed by atoms with E-state index in [1.165, 1.54) is 0 Å². The Kier molecular flexibility index (Phi) is 3.98. The number of hydrogen-bond donors (Lipinski definition) is 0. The van der Waals surface area contributed by atoms with E-state index in [0.717, 1.165) is 12.0 Å². The van der Waals surface area contributed by atoms with Gasteiger partial charge >= 0.3 is 0 Å². The third kappa shape index (κ3) is 3.09. The molecule has 2 nitrogen and oxygen atoms in total. The zero-order valence-corrected chi connectivity index (χ0v) is 8.33. The lowest BCUT2D eigenvalue weighted by molar-refractivity contribution is 0.731. The maximum Gasteiger partial charge on any atom is 0.133 e. The molecule has 3 heteroatoms. The van der Waals surface area contributed by atoms with E-state index in [9.17, 15) is 0 Å². The number of benzene rings is 1. The largest absolute Gasteiger partial charge is 0.197 e. The first-order valence-electron chi connectivity index (χ1n) is 4.30. The van der Waals surface area contributed by atoms with Crippen LogP contribution in [0.5, 0.6) is 0 Å². The molecule has 1 rings (SSSR count). The predicted octanol–water partition coefficient (Wildman–Crippen LogP) is 2.94. The van der Waals surface area contributed by atoms with Crippen molar-refractivity contribution in [2.75, 3.05) is 0 Å². The van der Waals surface area contributed by atoms with Gasteiger partial charge in [0.15, 0.2) is 0 Å². The number of nitriles is 2. The molecule has 0 saturated heterocycles. The maximum absolute atomic E-state index is 8.55. The first-order valence-corrected chi connectivity index (χ1v) is 4.67. The third-order valence-corrected chi connectivity index (χ3v) is 2.20. The van der Waals surface area contributed by atoms with Crippen molar-refractivity contribution < 1.29 is 0 Å². The Labute approximate surface area is 88.3 Å². The number of nitrogens with zero attached hydrogens (tertiary/aromatic N) is 2. The van der Waals surface area contributed by atoms with Crippen LogP contribution in [-0.4, -0.2) is 0 Å². The van der Waals surface area contributed by atoms with Gasteiger partial charge in [0.25, 0.3) is 0 Å². The van der Waals surface area contributed by atoms with Crippen LogP contribution in [-0.2, 0) is 6.42 Å². The smallest absolute Gasteiger partial charge is 0.133 e. The van der Waals surface area contributed by atoms with Crippen molar-refractivity contribution in [3.8, 4) is 12.1 Å². The first-order chi connectivity index (χ1) is 6.76. The lowest BCUT2D eigenvalue weighted by Gasteiger charge is -2.00. The van der Waals surface area contributed by atoms with Gasteiger partial charge in [0.1, 0.15) is 5.92 Å². The molecule has 70 valence electrons. The molecule has 0 spiro atoms. The Bertz CT molecular complexity index is 356. The normalized spacial score (nSPS) is 9.43. The van der Waals surface area contributed by atoms with Gasteiger partial charge in [-0.15, -0.1) is 0 Å². The second-order valence-electron chi connectivity index (χ2n) is 2.98. The van der Waals surface area contributed by atoms with Crippen LogP contribution < -0.4 is 0 Å². The Balaban J connectivity index is 2.51. The molecule has 0 atom stereocenters. The van der Waals surface area contributed by atoms with Crippen LogP contribution >= 0.6 is 11.6 Å². The molecule has 0 amide bonds. The summed E-state index contributed by atoms with van der Waals surface area (Å²) in [7, 11) is 0. The molecule has 0 unspecified atom stereocenters. The van der Waals surface area contributed by atoms with Crippen LogP contribution in [0.4, 0.5) is 0 Å². The molecular formula is C11H9ClN2. The Morgan fingerprint density at radius 3 is 2.21 bits per heavy atom. The van der Waals surface area contributed by atoms with Gasteiger partial charge in [0.05, 0.1) is 12.1 Å². The Morgan fingerprint density at radius 2 is 1.71 bits per heavy atom. The van der Waals surface area contributed by atoms with E-state index in [1.54, 1.807) is 0 Å². The van der Waals surface area contributed by atoms with Crippen LogP contribution in [0.3, 0.4) is 0 Å². The number of aryl methyl sites for hydroxylation is 1. The second kappa shape index (κ2) is 5.27.